The van der Waals surface area contributed by atoms with Crippen molar-refractivity contribution >= 4 is 39.3 Å². The van der Waals surface area contributed by atoms with E-state index in [4.69, 9.17) is 114 Å². The first-order valence-corrected chi connectivity index (χ1v) is 36.6. The van der Waals surface area contributed by atoms with E-state index in [1.54, 1.807) is 4.90 Å². The molecule has 2 aromatic rings. The first kappa shape index (κ1) is 92.1. The lowest BCUT2D eigenvalue weighted by molar-refractivity contribution is -0.123. The molecule has 1 aliphatic rings. The zero-order chi connectivity index (χ0) is 72.3. The quantitative estimate of drug-likeness (QED) is 0.0547. The van der Waals surface area contributed by atoms with Gasteiger partial charge in [0.15, 0.2) is 0 Å². The molecule has 0 bridgehead atoms. The summed E-state index contributed by atoms with van der Waals surface area (Å²) in [6.45, 7) is 23.2. The SMILES string of the molecule is O=C(CBr)NCCOCCOCCOCCOCCOCCOCCOCCOCCOCCOCCOCCOCCOCCOCCOCCOCCOCCOCCOCCOCCOCCOCCOCCOCCC(=O)NCCC(=O)N1Cc2ccccc2C#Cc2ccccc21. The first-order valence-electron chi connectivity index (χ1n) is 35.5. The molecular weight excluding hydrogens is 1410 g/mol. The van der Waals surface area contributed by atoms with Crippen LogP contribution in [0.3, 0.4) is 0 Å². The summed E-state index contributed by atoms with van der Waals surface area (Å²) in [5, 5.41) is 5.81. The molecule has 2 aromatic carbocycles. The minimum atomic E-state index is -0.179. The number of carbonyl (C=O) groups excluding carboxylic acids is 3. The van der Waals surface area contributed by atoms with Crippen LogP contribution >= 0.6 is 15.9 Å². The Balaban J connectivity index is 0.862. The van der Waals surface area contributed by atoms with Crippen molar-refractivity contribution in [2.45, 2.75) is 19.4 Å². The number of ether oxygens (including phenoxy) is 24. The molecule has 3 rings (SSSR count). The van der Waals surface area contributed by atoms with Gasteiger partial charge < -0.3 is 129 Å². The maximum Gasteiger partial charge on any atom is 0.230 e. The van der Waals surface area contributed by atoms with Crippen molar-refractivity contribution in [2.75, 3.05) is 340 Å². The summed E-state index contributed by atoms with van der Waals surface area (Å²) < 4.78 is 132. The standard InChI is InChI=1S/C71H118BrN3O27/c72-63-70(77)74-14-16-80-18-20-82-22-24-84-26-28-86-30-32-88-34-36-90-38-40-92-42-44-94-46-48-96-50-52-98-54-56-100-58-60-102-62-61-101-59-57-99-55-53-97-51-49-95-47-45-93-43-41-91-39-37-89-35-33-87-31-29-85-27-25-83-23-21-81-19-17-79-15-12-69(76)73-13-11-71(78)75-64-67-7-2-1-5-65(67)9-10-66-6-3-4-8-68(66)75/h1-8H,11-64H2,(H,73,76)(H,74,77). The van der Waals surface area contributed by atoms with E-state index in [-0.39, 0.29) is 49.0 Å². The number of alkyl halides is 1. The molecule has 0 aliphatic carbocycles. The molecule has 1 aliphatic heterocycles. The van der Waals surface area contributed by atoms with Gasteiger partial charge in [0.25, 0.3) is 0 Å². The van der Waals surface area contributed by atoms with Gasteiger partial charge in [-0.05, 0) is 23.8 Å². The molecule has 0 atom stereocenters. The molecular formula is C71H118BrN3O27. The van der Waals surface area contributed by atoms with Crippen LogP contribution in [-0.2, 0) is 135 Å². The lowest BCUT2D eigenvalue weighted by Gasteiger charge is -2.26. The van der Waals surface area contributed by atoms with Crippen LogP contribution < -0.4 is 15.5 Å². The zero-order valence-electron chi connectivity index (χ0n) is 60.2. The highest BCUT2D eigenvalue weighted by molar-refractivity contribution is 9.09. The zero-order valence-corrected chi connectivity index (χ0v) is 61.7. The van der Waals surface area contributed by atoms with Gasteiger partial charge in [0.05, 0.1) is 335 Å². The molecule has 3 amide bonds. The Kier molecular flexibility index (Phi) is 66.7. The number of nitrogens with zero attached hydrogens (tertiary/aromatic N) is 1. The first-order chi connectivity index (χ1) is 50.6. The molecule has 0 saturated heterocycles. The van der Waals surface area contributed by atoms with Gasteiger partial charge in [-0.25, -0.2) is 0 Å². The van der Waals surface area contributed by atoms with Crippen molar-refractivity contribution < 1.29 is 128 Å². The number of benzene rings is 2. The van der Waals surface area contributed by atoms with E-state index in [1.807, 2.05) is 48.5 Å². The van der Waals surface area contributed by atoms with E-state index >= 15 is 0 Å². The average Bonchev–Trinajstić information content (AvgIpc) is 0.808. The summed E-state index contributed by atoms with van der Waals surface area (Å²) in [4.78, 5) is 38.6. The van der Waals surface area contributed by atoms with Gasteiger partial charge in [-0.15, -0.1) is 0 Å². The van der Waals surface area contributed by atoms with E-state index in [1.165, 1.54) is 0 Å². The highest BCUT2D eigenvalue weighted by Gasteiger charge is 2.21. The Bertz CT molecular complexity index is 2280. The summed E-state index contributed by atoms with van der Waals surface area (Å²) in [6, 6.07) is 15.4. The van der Waals surface area contributed by atoms with E-state index in [0.717, 1.165) is 22.4 Å². The monoisotopic (exact) mass is 1520 g/mol. The fraction of sp³-hybridized carbons (Fsp3) is 0.761. The number of halogens is 1. The smallest absolute Gasteiger partial charge is 0.230 e. The summed E-state index contributed by atoms with van der Waals surface area (Å²) >= 11 is 3.08. The number of rotatable bonds is 79. The van der Waals surface area contributed by atoms with Gasteiger partial charge in [-0.3, -0.25) is 14.4 Å². The number of nitrogens with one attached hydrogen (secondary N) is 2. The second kappa shape index (κ2) is 73.8. The summed E-state index contributed by atoms with van der Waals surface area (Å²) in [7, 11) is 0. The molecule has 2 N–H and O–H groups in total. The number of amides is 3. The van der Waals surface area contributed by atoms with Gasteiger partial charge in [-0.2, -0.15) is 0 Å². The van der Waals surface area contributed by atoms with Gasteiger partial charge in [-0.1, -0.05) is 58.1 Å². The summed E-state index contributed by atoms with van der Waals surface area (Å²) in [5.41, 5.74) is 3.44. The van der Waals surface area contributed by atoms with Gasteiger partial charge in [0, 0.05) is 37.1 Å². The molecule has 0 spiro atoms. The fourth-order valence-corrected chi connectivity index (χ4v) is 8.57. The van der Waals surface area contributed by atoms with Crippen LogP contribution in [0.15, 0.2) is 48.5 Å². The van der Waals surface area contributed by atoms with Crippen molar-refractivity contribution in [1.29, 1.82) is 0 Å². The maximum absolute atomic E-state index is 13.3. The van der Waals surface area contributed by atoms with Crippen LogP contribution in [0, 0.1) is 11.8 Å². The third kappa shape index (κ3) is 59.1. The maximum atomic E-state index is 13.3. The molecule has 102 heavy (non-hydrogen) atoms. The normalized spacial score (nSPS) is 11.9. The second-order valence-corrected chi connectivity index (χ2v) is 22.0. The third-order valence-electron chi connectivity index (χ3n) is 13.6. The Labute approximate surface area is 612 Å². The van der Waals surface area contributed by atoms with Crippen LogP contribution in [0.5, 0.6) is 0 Å². The molecule has 1 heterocycles. The van der Waals surface area contributed by atoms with Crippen LogP contribution in [0.25, 0.3) is 0 Å². The predicted octanol–water partition coefficient (Wildman–Crippen LogP) is 2.74. The largest absolute Gasteiger partial charge is 0.379 e. The number of carbonyl (C=O) groups is 3. The Hall–Kier alpha value is -4.07. The predicted molar refractivity (Wildman–Crippen MR) is 379 cm³/mol. The van der Waals surface area contributed by atoms with Crippen LogP contribution in [0.1, 0.15) is 29.5 Å². The van der Waals surface area contributed by atoms with E-state index in [9.17, 15) is 14.4 Å². The van der Waals surface area contributed by atoms with Crippen molar-refractivity contribution in [3.8, 4) is 11.8 Å². The molecule has 0 fully saturated rings. The minimum absolute atomic E-state index is 0.0645. The summed E-state index contributed by atoms with van der Waals surface area (Å²) in [6.07, 6.45) is 0.350. The van der Waals surface area contributed by atoms with E-state index in [2.05, 4.69) is 38.4 Å². The van der Waals surface area contributed by atoms with E-state index < -0.39 is 0 Å². The van der Waals surface area contributed by atoms with E-state index in [0.29, 0.717) is 324 Å². The fourth-order valence-electron chi connectivity index (χ4n) is 8.37. The highest BCUT2D eigenvalue weighted by Crippen LogP contribution is 2.26. The van der Waals surface area contributed by atoms with Crippen LogP contribution in [-0.4, -0.2) is 353 Å². The molecule has 0 unspecified atom stereocenters. The average molecular weight is 1530 g/mol. The lowest BCUT2D eigenvalue weighted by Crippen LogP contribution is -2.35. The van der Waals surface area contributed by atoms with Gasteiger partial charge >= 0.3 is 0 Å². The molecule has 0 aromatic heterocycles. The van der Waals surface area contributed by atoms with Gasteiger partial charge in [0.1, 0.15) is 0 Å². The van der Waals surface area contributed by atoms with Crippen molar-refractivity contribution in [3.63, 3.8) is 0 Å². The summed E-state index contributed by atoms with van der Waals surface area (Å²) in [5.74, 6) is 6.09. The van der Waals surface area contributed by atoms with Gasteiger partial charge in [0.2, 0.25) is 17.7 Å². The number of para-hydroxylation sites is 1. The van der Waals surface area contributed by atoms with Crippen LogP contribution in [0.4, 0.5) is 5.69 Å². The van der Waals surface area contributed by atoms with Crippen molar-refractivity contribution in [1.82, 2.24) is 10.6 Å². The molecule has 0 saturated carbocycles. The molecule has 30 nitrogen and oxygen atoms in total. The second-order valence-electron chi connectivity index (χ2n) is 21.4. The number of hydrogen-bond donors (Lipinski definition) is 2. The third-order valence-corrected chi connectivity index (χ3v) is 14.1. The number of hydrogen-bond acceptors (Lipinski definition) is 27. The highest BCUT2D eigenvalue weighted by atomic mass is 79.9. The minimum Gasteiger partial charge on any atom is -0.379 e. The Morgan fingerprint density at radius 2 is 0.520 bits per heavy atom. The Morgan fingerprint density at radius 1 is 0.284 bits per heavy atom. The molecule has 31 heteroatoms. The Morgan fingerprint density at radius 3 is 0.814 bits per heavy atom. The van der Waals surface area contributed by atoms with Crippen molar-refractivity contribution in [2.24, 2.45) is 0 Å². The number of fused-ring (bicyclic) bond motifs is 2. The topological polar surface area (TPSA) is 300 Å². The lowest BCUT2D eigenvalue weighted by atomic mass is 10.0. The van der Waals surface area contributed by atoms with Crippen molar-refractivity contribution in [3.05, 3.63) is 65.2 Å². The molecule has 586 valence electrons. The number of anilines is 1. The molecule has 0 radical (unpaired) electrons. The van der Waals surface area contributed by atoms with Crippen LogP contribution in [0.2, 0.25) is 0 Å².